The van der Waals surface area contributed by atoms with Crippen LogP contribution in [0.2, 0.25) is 0 Å². The molecule has 0 saturated carbocycles. The molecule has 0 heterocycles. The molecule has 0 aliphatic rings. The Morgan fingerprint density at radius 3 is 2.50 bits per heavy atom. The van der Waals surface area contributed by atoms with Crippen molar-refractivity contribution in [1.29, 1.82) is 0 Å². The summed E-state index contributed by atoms with van der Waals surface area (Å²) in [5, 5.41) is 0. The molecule has 0 radical (unpaired) electrons. The first kappa shape index (κ1) is 9.17. The van der Waals surface area contributed by atoms with Crippen molar-refractivity contribution in [2.75, 3.05) is 14.1 Å². The summed E-state index contributed by atoms with van der Waals surface area (Å²) in [7, 11) is 3.63. The quantitative estimate of drug-likeness (QED) is 0.428. The highest BCUT2D eigenvalue weighted by Gasteiger charge is 2.14. The average Bonchev–Trinajstić information content (AvgIpc) is 1.87. The predicted octanol–water partition coefficient (Wildman–Crippen LogP) is 0.623. The lowest BCUT2D eigenvalue weighted by molar-refractivity contribution is -0.142. The third-order valence-corrected chi connectivity index (χ3v) is 1.32. The van der Waals surface area contributed by atoms with Crippen molar-refractivity contribution < 1.29 is 9.53 Å². The van der Waals surface area contributed by atoms with Crippen LogP contribution in [0.5, 0.6) is 0 Å². The molecule has 0 aliphatic carbocycles. The van der Waals surface area contributed by atoms with E-state index in [4.69, 9.17) is 0 Å². The Morgan fingerprint density at radius 2 is 2.20 bits per heavy atom. The summed E-state index contributed by atoms with van der Waals surface area (Å²) in [6.07, 6.45) is 1.14. The Morgan fingerprint density at radius 1 is 1.70 bits per heavy atom. The third kappa shape index (κ3) is 2.64. The fourth-order valence-corrected chi connectivity index (χ4v) is 0.391. The van der Waals surface area contributed by atoms with Gasteiger partial charge < -0.3 is 4.74 Å². The number of carbonyl (C=O) groups excluding carboxylic acids is 1. The van der Waals surface area contributed by atoms with E-state index in [1.807, 2.05) is 14.1 Å². The summed E-state index contributed by atoms with van der Waals surface area (Å²) in [4.78, 5) is 12.6. The van der Waals surface area contributed by atoms with E-state index in [0.717, 1.165) is 6.26 Å². The topological polar surface area (TPSA) is 29.5 Å². The fourth-order valence-electron chi connectivity index (χ4n) is 0.391. The number of ether oxygens (including phenoxy) is 1. The van der Waals surface area contributed by atoms with Crippen LogP contribution in [0.25, 0.3) is 0 Å². The van der Waals surface area contributed by atoms with Gasteiger partial charge in [0, 0.05) is 0 Å². The largest absolute Gasteiger partial charge is 0.434 e. The van der Waals surface area contributed by atoms with Crippen LogP contribution in [0.3, 0.4) is 0 Å². The molecule has 0 spiro atoms. The minimum absolute atomic E-state index is 0.210. The highest BCUT2D eigenvalue weighted by Crippen LogP contribution is 1.94. The van der Waals surface area contributed by atoms with Gasteiger partial charge in [0.05, 0.1) is 6.26 Å². The van der Waals surface area contributed by atoms with Crippen molar-refractivity contribution in [3.63, 3.8) is 0 Å². The molecule has 1 unspecified atom stereocenters. The van der Waals surface area contributed by atoms with Crippen LogP contribution in [-0.2, 0) is 9.53 Å². The molecule has 0 N–H and O–H groups in total. The number of rotatable bonds is 3. The van der Waals surface area contributed by atoms with Crippen LogP contribution >= 0.6 is 0 Å². The van der Waals surface area contributed by atoms with Crippen molar-refractivity contribution >= 4 is 5.97 Å². The standard InChI is InChI=1S/C7H13NO2/c1-5-10-7(9)6(2)8(3)4/h5-6H,1H2,2-4H3. The minimum Gasteiger partial charge on any atom is -0.434 e. The number of nitrogens with zero attached hydrogens (tertiary/aromatic N) is 1. The first-order valence-corrected chi connectivity index (χ1v) is 3.07. The molecule has 0 aromatic heterocycles. The van der Waals surface area contributed by atoms with Gasteiger partial charge in [-0.05, 0) is 21.0 Å². The molecule has 0 aromatic rings. The molecule has 3 nitrogen and oxygen atoms in total. The van der Waals surface area contributed by atoms with E-state index in [-0.39, 0.29) is 12.0 Å². The molecule has 0 aromatic carbocycles. The Balaban J connectivity index is 3.81. The minimum atomic E-state index is -0.278. The van der Waals surface area contributed by atoms with Crippen LogP contribution in [0.4, 0.5) is 0 Å². The Hall–Kier alpha value is -0.830. The highest BCUT2D eigenvalue weighted by molar-refractivity contribution is 5.75. The number of likely N-dealkylation sites (N-methyl/N-ethyl adjacent to an activating group) is 1. The Labute approximate surface area is 61.3 Å². The highest BCUT2D eigenvalue weighted by atomic mass is 16.5. The molecular weight excluding hydrogens is 130 g/mol. The molecule has 0 saturated heterocycles. The van der Waals surface area contributed by atoms with Gasteiger partial charge in [-0.25, -0.2) is 4.79 Å². The number of esters is 1. The third-order valence-electron chi connectivity index (χ3n) is 1.32. The van der Waals surface area contributed by atoms with Gasteiger partial charge in [-0.15, -0.1) is 0 Å². The molecule has 0 aliphatic heterocycles. The van der Waals surface area contributed by atoms with Crippen LogP contribution in [-0.4, -0.2) is 31.0 Å². The van der Waals surface area contributed by atoms with E-state index < -0.39 is 0 Å². The van der Waals surface area contributed by atoms with Gasteiger partial charge in [-0.1, -0.05) is 6.58 Å². The summed E-state index contributed by atoms with van der Waals surface area (Å²) >= 11 is 0. The van der Waals surface area contributed by atoms with Crippen LogP contribution in [0, 0.1) is 0 Å². The zero-order valence-corrected chi connectivity index (χ0v) is 6.63. The maximum absolute atomic E-state index is 10.8. The lowest BCUT2D eigenvalue weighted by atomic mass is 10.3. The van der Waals surface area contributed by atoms with Crippen molar-refractivity contribution in [2.45, 2.75) is 13.0 Å². The fraction of sp³-hybridized carbons (Fsp3) is 0.571. The zero-order valence-electron chi connectivity index (χ0n) is 6.63. The summed E-state index contributed by atoms with van der Waals surface area (Å²) < 4.78 is 4.55. The normalized spacial score (nSPS) is 12.8. The van der Waals surface area contributed by atoms with Gasteiger partial charge in [0.25, 0.3) is 0 Å². The first-order valence-electron chi connectivity index (χ1n) is 3.07. The van der Waals surface area contributed by atoms with Gasteiger partial charge in [0.1, 0.15) is 6.04 Å². The van der Waals surface area contributed by atoms with Crippen molar-refractivity contribution in [3.05, 3.63) is 12.8 Å². The SMILES string of the molecule is C=COC(=O)C(C)N(C)C. The summed E-state index contributed by atoms with van der Waals surface area (Å²) in [5.74, 6) is -0.278. The van der Waals surface area contributed by atoms with Crippen LogP contribution in [0.1, 0.15) is 6.92 Å². The maximum atomic E-state index is 10.8. The van der Waals surface area contributed by atoms with E-state index in [0.29, 0.717) is 0 Å². The second-order valence-electron chi connectivity index (χ2n) is 2.24. The number of hydrogen-bond acceptors (Lipinski definition) is 3. The van der Waals surface area contributed by atoms with Gasteiger partial charge >= 0.3 is 5.97 Å². The molecular formula is C7H13NO2. The van der Waals surface area contributed by atoms with Gasteiger partial charge in [0.2, 0.25) is 0 Å². The Bertz CT molecular complexity index is 132. The number of carbonyl (C=O) groups is 1. The maximum Gasteiger partial charge on any atom is 0.327 e. The van der Waals surface area contributed by atoms with E-state index >= 15 is 0 Å². The van der Waals surface area contributed by atoms with Crippen LogP contribution in [0.15, 0.2) is 12.8 Å². The molecule has 3 heteroatoms. The zero-order chi connectivity index (χ0) is 8.15. The lowest BCUT2D eigenvalue weighted by Gasteiger charge is -2.16. The Kier molecular flexibility index (Phi) is 3.72. The average molecular weight is 143 g/mol. The van der Waals surface area contributed by atoms with Gasteiger partial charge in [-0.2, -0.15) is 0 Å². The molecule has 1 atom stereocenters. The van der Waals surface area contributed by atoms with E-state index in [1.165, 1.54) is 0 Å². The molecule has 0 amide bonds. The van der Waals surface area contributed by atoms with Crippen molar-refractivity contribution in [3.8, 4) is 0 Å². The lowest BCUT2D eigenvalue weighted by Crippen LogP contribution is -2.33. The molecule has 58 valence electrons. The molecule has 0 rings (SSSR count). The number of hydrogen-bond donors (Lipinski definition) is 0. The van der Waals surface area contributed by atoms with Crippen molar-refractivity contribution in [1.82, 2.24) is 4.90 Å². The van der Waals surface area contributed by atoms with Crippen LogP contribution < -0.4 is 0 Å². The van der Waals surface area contributed by atoms with Gasteiger partial charge in [0.15, 0.2) is 0 Å². The van der Waals surface area contributed by atoms with E-state index in [9.17, 15) is 4.79 Å². The second kappa shape index (κ2) is 4.06. The summed E-state index contributed by atoms with van der Waals surface area (Å²) in [6, 6.07) is -0.210. The summed E-state index contributed by atoms with van der Waals surface area (Å²) in [5.41, 5.74) is 0. The van der Waals surface area contributed by atoms with E-state index in [2.05, 4.69) is 11.3 Å². The smallest absolute Gasteiger partial charge is 0.327 e. The molecule has 0 bridgehead atoms. The summed E-state index contributed by atoms with van der Waals surface area (Å²) in [6.45, 7) is 5.05. The molecule has 0 fully saturated rings. The van der Waals surface area contributed by atoms with Crippen molar-refractivity contribution in [2.24, 2.45) is 0 Å². The first-order chi connectivity index (χ1) is 4.59. The van der Waals surface area contributed by atoms with E-state index in [1.54, 1.807) is 11.8 Å². The second-order valence-corrected chi connectivity index (χ2v) is 2.24. The van der Waals surface area contributed by atoms with Gasteiger partial charge in [-0.3, -0.25) is 4.90 Å². The molecule has 10 heavy (non-hydrogen) atoms. The predicted molar refractivity (Wildman–Crippen MR) is 39.4 cm³/mol. The monoisotopic (exact) mass is 143 g/mol.